The number of hydrogen-bond acceptors (Lipinski definition) is 7. The van der Waals surface area contributed by atoms with Gasteiger partial charge in [-0.05, 0) is 40.1 Å². The number of amides is 1. The summed E-state index contributed by atoms with van der Waals surface area (Å²) in [7, 11) is 0. The molecule has 0 saturated carbocycles. The van der Waals surface area contributed by atoms with Gasteiger partial charge >= 0.3 is 0 Å². The lowest BCUT2D eigenvalue weighted by Gasteiger charge is -1.99. The average molecular weight is 372 g/mol. The highest BCUT2D eigenvalue weighted by Crippen LogP contribution is 2.28. The third-order valence-corrected chi connectivity index (χ3v) is 5.82. The number of rotatable bonds is 6. The summed E-state index contributed by atoms with van der Waals surface area (Å²) in [6.45, 7) is 0. The van der Waals surface area contributed by atoms with Crippen LogP contribution in [0, 0.1) is 11.3 Å². The van der Waals surface area contributed by atoms with Crippen LogP contribution in [0.25, 0.3) is 0 Å². The standard InChI is InChI=1S/C16H12N4OS3/c17-8-11-1-3-12(4-2-11)10-23-16-20-19-15(24-16)18-14(21)7-13-5-6-22-9-13/h1-6,9H,7,10H2,(H,18,19,21). The Bertz CT molecular complexity index is 850. The number of nitrogens with one attached hydrogen (secondary N) is 1. The van der Waals surface area contributed by atoms with Gasteiger partial charge in [0, 0.05) is 5.75 Å². The van der Waals surface area contributed by atoms with Crippen LogP contribution < -0.4 is 5.32 Å². The van der Waals surface area contributed by atoms with Crippen LogP contribution in [0.3, 0.4) is 0 Å². The fourth-order valence-corrected chi connectivity index (χ4v) is 4.27. The van der Waals surface area contributed by atoms with Gasteiger partial charge in [-0.2, -0.15) is 16.6 Å². The van der Waals surface area contributed by atoms with E-state index >= 15 is 0 Å². The van der Waals surface area contributed by atoms with Crippen molar-refractivity contribution >= 4 is 45.5 Å². The van der Waals surface area contributed by atoms with Crippen LogP contribution in [0.2, 0.25) is 0 Å². The zero-order valence-electron chi connectivity index (χ0n) is 12.4. The molecule has 0 aliphatic carbocycles. The van der Waals surface area contributed by atoms with Crippen LogP contribution in [0.5, 0.6) is 0 Å². The van der Waals surface area contributed by atoms with Gasteiger partial charge in [0.05, 0.1) is 18.1 Å². The molecule has 0 aliphatic heterocycles. The Morgan fingerprint density at radius 1 is 1.21 bits per heavy atom. The van der Waals surface area contributed by atoms with E-state index < -0.39 is 0 Å². The SMILES string of the molecule is N#Cc1ccc(CSc2nnc(NC(=O)Cc3ccsc3)s2)cc1. The molecular weight excluding hydrogens is 360 g/mol. The van der Waals surface area contributed by atoms with E-state index in [-0.39, 0.29) is 5.91 Å². The summed E-state index contributed by atoms with van der Waals surface area (Å²) in [5, 5.41) is 24.1. The fraction of sp³-hybridized carbons (Fsp3) is 0.125. The predicted molar refractivity (Wildman–Crippen MR) is 97.3 cm³/mol. The number of nitrogens with zero attached hydrogens (tertiary/aromatic N) is 3. The van der Waals surface area contributed by atoms with E-state index in [0.29, 0.717) is 17.1 Å². The Morgan fingerprint density at radius 2 is 2.04 bits per heavy atom. The average Bonchev–Trinajstić information content (AvgIpc) is 3.25. The molecule has 8 heteroatoms. The predicted octanol–water partition coefficient (Wildman–Crippen LogP) is 3.94. The summed E-state index contributed by atoms with van der Waals surface area (Å²) in [5.74, 6) is 0.650. The summed E-state index contributed by atoms with van der Waals surface area (Å²) in [4.78, 5) is 11.9. The molecule has 3 aromatic rings. The molecule has 0 aliphatic rings. The third kappa shape index (κ3) is 4.64. The third-order valence-electron chi connectivity index (χ3n) is 3.04. The lowest BCUT2D eigenvalue weighted by Crippen LogP contribution is -2.13. The largest absolute Gasteiger partial charge is 0.300 e. The first kappa shape index (κ1) is 16.6. The number of hydrogen-bond donors (Lipinski definition) is 1. The minimum absolute atomic E-state index is 0.0896. The van der Waals surface area contributed by atoms with Crippen molar-refractivity contribution in [1.82, 2.24) is 10.2 Å². The lowest BCUT2D eigenvalue weighted by molar-refractivity contribution is -0.115. The van der Waals surface area contributed by atoms with Crippen LogP contribution in [-0.2, 0) is 17.0 Å². The first-order chi connectivity index (χ1) is 11.7. The van der Waals surface area contributed by atoms with Crippen molar-refractivity contribution in [2.75, 3.05) is 5.32 Å². The highest BCUT2D eigenvalue weighted by atomic mass is 32.2. The second kappa shape index (κ2) is 8.06. The van der Waals surface area contributed by atoms with E-state index in [1.807, 2.05) is 29.0 Å². The van der Waals surface area contributed by atoms with E-state index in [1.54, 1.807) is 35.2 Å². The summed E-state index contributed by atoms with van der Waals surface area (Å²) in [6, 6.07) is 11.5. The number of benzene rings is 1. The molecule has 2 aromatic heterocycles. The van der Waals surface area contributed by atoms with Gasteiger partial charge in [0.1, 0.15) is 0 Å². The van der Waals surface area contributed by atoms with Crippen molar-refractivity contribution in [3.05, 3.63) is 57.8 Å². The van der Waals surface area contributed by atoms with Crippen molar-refractivity contribution in [2.24, 2.45) is 0 Å². The molecule has 1 aromatic carbocycles. The molecule has 0 fully saturated rings. The maximum Gasteiger partial charge on any atom is 0.230 e. The maximum atomic E-state index is 11.9. The molecule has 0 unspecified atom stereocenters. The molecule has 0 radical (unpaired) electrons. The van der Waals surface area contributed by atoms with Crippen LogP contribution in [0.15, 0.2) is 45.4 Å². The van der Waals surface area contributed by atoms with Gasteiger partial charge in [-0.3, -0.25) is 4.79 Å². The molecule has 0 spiro atoms. The molecular formula is C16H12N4OS3. The van der Waals surface area contributed by atoms with Crippen molar-refractivity contribution < 1.29 is 4.79 Å². The van der Waals surface area contributed by atoms with Gasteiger partial charge in [-0.1, -0.05) is 35.2 Å². The molecule has 0 saturated heterocycles. The number of thiophene rings is 1. The minimum atomic E-state index is -0.0896. The zero-order valence-corrected chi connectivity index (χ0v) is 14.9. The molecule has 2 heterocycles. The molecule has 1 amide bonds. The number of carbonyl (C=O) groups excluding carboxylic acids is 1. The zero-order chi connectivity index (χ0) is 16.8. The molecule has 0 atom stereocenters. The van der Waals surface area contributed by atoms with Crippen molar-refractivity contribution in [2.45, 2.75) is 16.5 Å². The van der Waals surface area contributed by atoms with Gasteiger partial charge in [0.25, 0.3) is 0 Å². The fourth-order valence-electron chi connectivity index (χ4n) is 1.88. The Hall–Kier alpha value is -2.21. The van der Waals surface area contributed by atoms with E-state index in [1.165, 1.54) is 11.3 Å². The van der Waals surface area contributed by atoms with Crippen LogP contribution in [0.4, 0.5) is 5.13 Å². The van der Waals surface area contributed by atoms with Gasteiger partial charge in [-0.15, -0.1) is 10.2 Å². The maximum absolute atomic E-state index is 11.9. The highest BCUT2D eigenvalue weighted by molar-refractivity contribution is 8.00. The Balaban J connectivity index is 1.51. The van der Waals surface area contributed by atoms with E-state index in [4.69, 9.17) is 5.26 Å². The molecule has 0 bridgehead atoms. The number of nitriles is 1. The monoisotopic (exact) mass is 372 g/mol. The van der Waals surface area contributed by atoms with E-state index in [9.17, 15) is 4.79 Å². The van der Waals surface area contributed by atoms with Crippen LogP contribution in [-0.4, -0.2) is 16.1 Å². The Kier molecular flexibility index (Phi) is 5.59. The van der Waals surface area contributed by atoms with Crippen molar-refractivity contribution in [3.63, 3.8) is 0 Å². The summed E-state index contributed by atoms with van der Waals surface area (Å²) >= 11 is 4.48. The quantitative estimate of drug-likeness (QED) is 0.524. The van der Waals surface area contributed by atoms with Crippen LogP contribution in [0.1, 0.15) is 16.7 Å². The lowest BCUT2D eigenvalue weighted by atomic mass is 10.2. The topological polar surface area (TPSA) is 78.7 Å². The number of carbonyl (C=O) groups is 1. The Labute approximate surface area is 151 Å². The second-order valence-electron chi connectivity index (χ2n) is 4.83. The molecule has 120 valence electrons. The minimum Gasteiger partial charge on any atom is -0.300 e. The van der Waals surface area contributed by atoms with Crippen molar-refractivity contribution in [1.29, 1.82) is 5.26 Å². The number of thioether (sulfide) groups is 1. The van der Waals surface area contributed by atoms with Gasteiger partial charge in [-0.25, -0.2) is 0 Å². The second-order valence-corrected chi connectivity index (χ2v) is 7.81. The molecule has 3 rings (SSSR count). The van der Waals surface area contributed by atoms with Gasteiger partial charge in [0.2, 0.25) is 11.0 Å². The summed E-state index contributed by atoms with van der Waals surface area (Å²) < 4.78 is 0.796. The number of aromatic nitrogens is 2. The smallest absolute Gasteiger partial charge is 0.230 e. The van der Waals surface area contributed by atoms with Crippen molar-refractivity contribution in [3.8, 4) is 6.07 Å². The normalized spacial score (nSPS) is 10.3. The van der Waals surface area contributed by atoms with Crippen LogP contribution >= 0.6 is 34.4 Å². The molecule has 5 nitrogen and oxygen atoms in total. The summed E-state index contributed by atoms with van der Waals surface area (Å²) in [5.41, 5.74) is 2.75. The summed E-state index contributed by atoms with van der Waals surface area (Å²) in [6.07, 6.45) is 0.344. The first-order valence-corrected chi connectivity index (χ1v) is 9.74. The highest BCUT2D eigenvalue weighted by Gasteiger charge is 2.10. The first-order valence-electron chi connectivity index (χ1n) is 6.99. The van der Waals surface area contributed by atoms with Gasteiger partial charge < -0.3 is 5.32 Å². The molecule has 1 N–H and O–H groups in total. The number of anilines is 1. The molecule has 24 heavy (non-hydrogen) atoms. The van der Waals surface area contributed by atoms with E-state index in [0.717, 1.165) is 21.2 Å². The Morgan fingerprint density at radius 3 is 2.75 bits per heavy atom. The van der Waals surface area contributed by atoms with Gasteiger partial charge in [0.15, 0.2) is 4.34 Å². The van der Waals surface area contributed by atoms with E-state index in [2.05, 4.69) is 21.6 Å².